The van der Waals surface area contributed by atoms with Gasteiger partial charge >= 0.3 is 0 Å². The molecular weight excluding hydrogens is 150 g/mol. The molecule has 0 saturated heterocycles. The van der Waals surface area contributed by atoms with E-state index in [0.717, 1.165) is 17.4 Å². The quantitative estimate of drug-likeness (QED) is 0.376. The van der Waals surface area contributed by atoms with Crippen LogP contribution in [0.25, 0.3) is 0 Å². The van der Waals surface area contributed by atoms with Crippen molar-refractivity contribution in [1.29, 1.82) is 0 Å². The average molecular weight is 157 g/mol. The molecule has 0 aromatic carbocycles. The average Bonchev–Trinajstić information content (AvgIpc) is 2.34. The van der Waals surface area contributed by atoms with Crippen LogP contribution in [0.3, 0.4) is 0 Å². The van der Waals surface area contributed by atoms with E-state index in [0.29, 0.717) is 11.4 Å². The molecule has 1 heterocycles. The molecule has 0 aliphatic rings. The number of oxime groups is 1. The van der Waals surface area contributed by atoms with Gasteiger partial charge in [-0.2, -0.15) is 8.75 Å². The van der Waals surface area contributed by atoms with Crippen molar-refractivity contribution in [3.8, 4) is 0 Å². The maximum Gasteiger partial charge on any atom is 0.124 e. The van der Waals surface area contributed by atoms with E-state index in [1.807, 2.05) is 6.92 Å². The molecule has 1 aromatic heterocycles. The number of nitrogens with zero attached hydrogens (tertiary/aromatic N) is 3. The highest BCUT2D eigenvalue weighted by Gasteiger charge is 2.05. The lowest BCUT2D eigenvalue weighted by atomic mass is 10.2. The first-order valence-electron chi connectivity index (χ1n) is 2.74. The Labute approximate surface area is 62.5 Å². The smallest absolute Gasteiger partial charge is 0.124 e. The Morgan fingerprint density at radius 3 is 2.70 bits per heavy atom. The second kappa shape index (κ2) is 2.74. The van der Waals surface area contributed by atoms with Gasteiger partial charge in [-0.1, -0.05) is 5.16 Å². The Morgan fingerprint density at radius 1 is 1.60 bits per heavy atom. The lowest BCUT2D eigenvalue weighted by Gasteiger charge is -1.89. The normalized spacial score (nSPS) is 12.0. The third-order valence-electron chi connectivity index (χ3n) is 1.15. The molecule has 0 saturated carbocycles. The molecule has 10 heavy (non-hydrogen) atoms. The zero-order valence-electron chi connectivity index (χ0n) is 5.70. The predicted molar refractivity (Wildman–Crippen MR) is 38.6 cm³/mol. The van der Waals surface area contributed by atoms with Gasteiger partial charge in [-0.3, -0.25) is 0 Å². The van der Waals surface area contributed by atoms with Crippen molar-refractivity contribution in [3.63, 3.8) is 0 Å². The van der Waals surface area contributed by atoms with E-state index >= 15 is 0 Å². The van der Waals surface area contributed by atoms with Gasteiger partial charge in [0.25, 0.3) is 0 Å². The van der Waals surface area contributed by atoms with Crippen LogP contribution >= 0.6 is 11.7 Å². The van der Waals surface area contributed by atoms with Crippen LogP contribution in [-0.4, -0.2) is 19.7 Å². The molecule has 1 N–H and O–H groups in total. The molecule has 0 aliphatic carbocycles. The summed E-state index contributed by atoms with van der Waals surface area (Å²) in [6, 6.07) is 0. The molecule has 1 aromatic rings. The number of hydrogen-bond donors (Lipinski definition) is 1. The minimum absolute atomic E-state index is 0.506. The first kappa shape index (κ1) is 7.14. The first-order valence-corrected chi connectivity index (χ1v) is 3.47. The Bertz CT molecular complexity index is 255. The summed E-state index contributed by atoms with van der Waals surface area (Å²) in [6.07, 6.45) is 0. The van der Waals surface area contributed by atoms with E-state index in [4.69, 9.17) is 5.21 Å². The van der Waals surface area contributed by atoms with Crippen molar-refractivity contribution >= 4 is 17.4 Å². The van der Waals surface area contributed by atoms with Crippen LogP contribution in [0.4, 0.5) is 0 Å². The SMILES string of the molecule is C/C(=N\O)c1nsnc1C. The summed E-state index contributed by atoms with van der Waals surface area (Å²) in [4.78, 5) is 0. The summed E-state index contributed by atoms with van der Waals surface area (Å²) < 4.78 is 7.85. The Kier molecular flexibility index (Phi) is 1.96. The van der Waals surface area contributed by atoms with E-state index in [9.17, 15) is 0 Å². The minimum atomic E-state index is 0.506. The van der Waals surface area contributed by atoms with Gasteiger partial charge in [0.1, 0.15) is 11.4 Å². The van der Waals surface area contributed by atoms with Crippen LogP contribution in [0.1, 0.15) is 18.3 Å². The maximum atomic E-state index is 8.36. The lowest BCUT2D eigenvalue weighted by molar-refractivity contribution is 0.319. The van der Waals surface area contributed by atoms with Gasteiger partial charge in [0.15, 0.2) is 0 Å². The van der Waals surface area contributed by atoms with Crippen molar-refractivity contribution in [2.24, 2.45) is 5.16 Å². The fraction of sp³-hybridized carbons (Fsp3) is 0.400. The molecule has 0 bridgehead atoms. The van der Waals surface area contributed by atoms with Crippen LogP contribution in [0.15, 0.2) is 5.16 Å². The predicted octanol–water partition coefficient (Wildman–Crippen LogP) is 1.04. The van der Waals surface area contributed by atoms with Crippen LogP contribution in [0.5, 0.6) is 0 Å². The molecule has 0 unspecified atom stereocenters. The van der Waals surface area contributed by atoms with Gasteiger partial charge < -0.3 is 5.21 Å². The largest absolute Gasteiger partial charge is 0.411 e. The maximum absolute atomic E-state index is 8.36. The van der Waals surface area contributed by atoms with Crippen molar-refractivity contribution in [1.82, 2.24) is 8.75 Å². The molecule has 0 amide bonds. The van der Waals surface area contributed by atoms with Gasteiger partial charge in [0.2, 0.25) is 0 Å². The molecule has 1 rings (SSSR count). The van der Waals surface area contributed by atoms with E-state index in [2.05, 4.69) is 13.9 Å². The molecule has 4 nitrogen and oxygen atoms in total. The second-order valence-electron chi connectivity index (χ2n) is 1.88. The second-order valence-corrected chi connectivity index (χ2v) is 2.41. The fourth-order valence-electron chi connectivity index (χ4n) is 0.607. The molecule has 0 atom stereocenters. The zero-order chi connectivity index (χ0) is 7.56. The molecule has 0 fully saturated rings. The Hall–Kier alpha value is -0.970. The third kappa shape index (κ3) is 1.13. The highest BCUT2D eigenvalue weighted by Crippen LogP contribution is 2.04. The Morgan fingerprint density at radius 2 is 2.30 bits per heavy atom. The fourth-order valence-corrected chi connectivity index (χ4v) is 1.20. The highest BCUT2D eigenvalue weighted by atomic mass is 32.1. The standard InChI is InChI=1S/C5H7N3OS/c1-3(6-9)5-4(2)7-10-8-5/h9H,1-2H3/b6-3+. The molecule has 0 spiro atoms. The molecule has 0 aliphatic heterocycles. The van der Waals surface area contributed by atoms with Crippen molar-refractivity contribution < 1.29 is 5.21 Å². The van der Waals surface area contributed by atoms with Crippen molar-refractivity contribution in [2.45, 2.75) is 13.8 Å². The number of rotatable bonds is 1. The van der Waals surface area contributed by atoms with Crippen LogP contribution in [0.2, 0.25) is 0 Å². The summed E-state index contributed by atoms with van der Waals surface area (Å²) in [6.45, 7) is 3.51. The topological polar surface area (TPSA) is 58.4 Å². The molecule has 5 heteroatoms. The summed E-state index contributed by atoms with van der Waals surface area (Å²) in [5.74, 6) is 0. The van der Waals surface area contributed by atoms with Crippen molar-refractivity contribution in [3.05, 3.63) is 11.4 Å². The molecule has 0 radical (unpaired) electrons. The van der Waals surface area contributed by atoms with Gasteiger partial charge in [-0.25, -0.2) is 0 Å². The minimum Gasteiger partial charge on any atom is -0.411 e. The number of hydrogen-bond acceptors (Lipinski definition) is 5. The third-order valence-corrected chi connectivity index (χ3v) is 1.77. The van der Waals surface area contributed by atoms with Crippen LogP contribution < -0.4 is 0 Å². The zero-order valence-corrected chi connectivity index (χ0v) is 6.51. The summed E-state index contributed by atoms with van der Waals surface area (Å²) in [5, 5.41) is 11.4. The van der Waals surface area contributed by atoms with Gasteiger partial charge in [0, 0.05) is 0 Å². The summed E-state index contributed by atoms with van der Waals surface area (Å²) in [5.41, 5.74) is 1.99. The first-order chi connectivity index (χ1) is 4.75. The van der Waals surface area contributed by atoms with Gasteiger partial charge in [-0.05, 0) is 13.8 Å². The number of aryl methyl sites for hydroxylation is 1. The van der Waals surface area contributed by atoms with E-state index < -0.39 is 0 Å². The van der Waals surface area contributed by atoms with E-state index in [-0.39, 0.29) is 0 Å². The van der Waals surface area contributed by atoms with Gasteiger partial charge in [-0.15, -0.1) is 0 Å². The lowest BCUT2D eigenvalue weighted by Crippen LogP contribution is -1.96. The van der Waals surface area contributed by atoms with Crippen LogP contribution in [-0.2, 0) is 0 Å². The summed E-state index contributed by atoms with van der Waals surface area (Å²) in [7, 11) is 0. The van der Waals surface area contributed by atoms with E-state index in [1.54, 1.807) is 6.92 Å². The summed E-state index contributed by atoms with van der Waals surface area (Å²) >= 11 is 1.12. The molecular formula is C5H7N3OS. The number of aromatic nitrogens is 2. The molecule has 54 valence electrons. The van der Waals surface area contributed by atoms with E-state index in [1.165, 1.54) is 0 Å². The Balaban J connectivity index is 3.05. The monoisotopic (exact) mass is 157 g/mol. The highest BCUT2D eigenvalue weighted by molar-refractivity contribution is 6.99. The van der Waals surface area contributed by atoms with Crippen molar-refractivity contribution in [2.75, 3.05) is 0 Å². The van der Waals surface area contributed by atoms with Crippen LogP contribution in [0, 0.1) is 6.92 Å². The van der Waals surface area contributed by atoms with Gasteiger partial charge in [0.05, 0.1) is 17.4 Å².